The van der Waals surface area contributed by atoms with Crippen molar-refractivity contribution in [1.29, 1.82) is 0 Å². The van der Waals surface area contributed by atoms with Gasteiger partial charge in [-0.1, -0.05) is 62.4 Å². The lowest BCUT2D eigenvalue weighted by Gasteiger charge is -2.42. The Hall–Kier alpha value is -4.03. The average molecular weight is 620 g/mol. The van der Waals surface area contributed by atoms with E-state index < -0.39 is 35.9 Å². The number of nitrogens with one attached hydrogen (secondary N) is 2. The first-order valence-electron chi connectivity index (χ1n) is 16.1. The number of carbonyl (C=O) groups excluding carboxylic acids is 3. The summed E-state index contributed by atoms with van der Waals surface area (Å²) < 4.78 is 5.44. The van der Waals surface area contributed by atoms with Gasteiger partial charge < -0.3 is 35.3 Å². The highest BCUT2D eigenvalue weighted by Crippen LogP contribution is 2.35. The molecule has 0 spiro atoms. The Morgan fingerprint density at radius 3 is 2.47 bits per heavy atom. The molecule has 12 heteroatoms. The summed E-state index contributed by atoms with van der Waals surface area (Å²) in [5, 5.41) is 11.9. The molecule has 45 heavy (non-hydrogen) atoms. The molecular formula is C33H45N7O5. The molecule has 2 aliphatic rings. The monoisotopic (exact) mass is 619 g/mol. The van der Waals surface area contributed by atoms with E-state index in [1.807, 2.05) is 30.3 Å². The number of imidazole rings is 2. The van der Waals surface area contributed by atoms with Crippen LogP contribution in [-0.2, 0) is 32.0 Å². The van der Waals surface area contributed by atoms with Crippen LogP contribution in [0, 0.1) is 11.8 Å². The number of aromatic nitrogens is 4. The molecule has 5 rings (SSSR count). The highest BCUT2D eigenvalue weighted by molar-refractivity contribution is 5.91. The molecule has 0 bridgehead atoms. The molecule has 3 heterocycles. The maximum atomic E-state index is 15.1. The number of ether oxygens (including phenoxy) is 1. The summed E-state index contributed by atoms with van der Waals surface area (Å²) in [6.07, 6.45) is 11.1. The third kappa shape index (κ3) is 8.58. The van der Waals surface area contributed by atoms with Crippen LogP contribution < -0.4 is 5.73 Å². The second-order valence-corrected chi connectivity index (χ2v) is 12.2. The molecule has 1 saturated carbocycles. The Kier molecular flexibility index (Phi) is 11.4. The number of amides is 3. The minimum Gasteiger partial charge on any atom is -0.383 e. The van der Waals surface area contributed by atoms with Crippen molar-refractivity contribution in [2.75, 3.05) is 26.3 Å². The minimum absolute atomic E-state index is 0.0505. The number of hydrogen-bond donors (Lipinski definition) is 4. The van der Waals surface area contributed by atoms with Crippen LogP contribution in [0.25, 0.3) is 0 Å². The van der Waals surface area contributed by atoms with Crippen LogP contribution in [0.5, 0.6) is 0 Å². The summed E-state index contributed by atoms with van der Waals surface area (Å²) in [5.41, 5.74) is 7.54. The summed E-state index contributed by atoms with van der Waals surface area (Å²) in [5.74, 6) is -1.51. The van der Waals surface area contributed by atoms with E-state index >= 15 is 4.79 Å². The van der Waals surface area contributed by atoms with E-state index in [0.717, 1.165) is 37.7 Å². The predicted octanol–water partition coefficient (Wildman–Crippen LogP) is 2.54. The van der Waals surface area contributed by atoms with Crippen molar-refractivity contribution in [3.63, 3.8) is 0 Å². The molecule has 1 aromatic carbocycles. The van der Waals surface area contributed by atoms with Crippen LogP contribution >= 0.6 is 0 Å². The molecule has 1 aliphatic heterocycles. The van der Waals surface area contributed by atoms with Gasteiger partial charge in [0.1, 0.15) is 18.0 Å². The van der Waals surface area contributed by atoms with E-state index in [2.05, 4.69) is 19.9 Å². The highest BCUT2D eigenvalue weighted by atomic mass is 16.5. The number of morpholine rings is 1. The van der Waals surface area contributed by atoms with Gasteiger partial charge in [-0.15, -0.1) is 0 Å². The Morgan fingerprint density at radius 2 is 1.82 bits per heavy atom. The number of aliphatic hydroxyl groups is 1. The lowest BCUT2D eigenvalue weighted by molar-refractivity contribution is -0.152. The SMILES string of the molecule is NC(=O)[C@H](Cc1c[nH]cn1)N(C(=O)C(CC(=O)N1CCOCC1)Cc1ccccc1)[C@@H](CC1CCCCC1)[C@@H](O)c1ncc[nH]1. The number of nitrogens with zero attached hydrogens (tertiary/aromatic N) is 4. The fourth-order valence-corrected chi connectivity index (χ4v) is 6.77. The van der Waals surface area contributed by atoms with Crippen LogP contribution in [0.2, 0.25) is 0 Å². The fraction of sp³-hybridized carbons (Fsp3) is 0.545. The predicted molar refractivity (Wildman–Crippen MR) is 166 cm³/mol. The topological polar surface area (TPSA) is 171 Å². The number of aliphatic hydroxyl groups excluding tert-OH is 1. The van der Waals surface area contributed by atoms with Crippen LogP contribution in [0.3, 0.4) is 0 Å². The molecule has 5 N–H and O–H groups in total. The van der Waals surface area contributed by atoms with Gasteiger partial charge in [0.05, 0.1) is 37.2 Å². The lowest BCUT2D eigenvalue weighted by atomic mass is 9.82. The molecule has 12 nitrogen and oxygen atoms in total. The van der Waals surface area contributed by atoms with Gasteiger partial charge in [-0.2, -0.15) is 0 Å². The first kappa shape index (κ1) is 32.4. The van der Waals surface area contributed by atoms with Crippen molar-refractivity contribution in [3.05, 3.63) is 72.3 Å². The lowest BCUT2D eigenvalue weighted by Crippen LogP contribution is -2.58. The van der Waals surface area contributed by atoms with Gasteiger partial charge in [0, 0.05) is 44.5 Å². The van der Waals surface area contributed by atoms with Crippen LogP contribution in [0.1, 0.15) is 68.1 Å². The van der Waals surface area contributed by atoms with Crippen molar-refractivity contribution in [1.82, 2.24) is 29.7 Å². The van der Waals surface area contributed by atoms with Gasteiger partial charge in [0.2, 0.25) is 17.7 Å². The summed E-state index contributed by atoms with van der Waals surface area (Å²) in [7, 11) is 0. The van der Waals surface area contributed by atoms with Crippen molar-refractivity contribution >= 4 is 17.7 Å². The van der Waals surface area contributed by atoms with E-state index in [1.165, 1.54) is 11.2 Å². The van der Waals surface area contributed by atoms with E-state index in [4.69, 9.17) is 10.5 Å². The third-order valence-corrected chi connectivity index (χ3v) is 9.16. The normalized spacial score (nSPS) is 18.6. The molecule has 2 fully saturated rings. The highest BCUT2D eigenvalue weighted by Gasteiger charge is 2.43. The van der Waals surface area contributed by atoms with Gasteiger partial charge >= 0.3 is 0 Å². The largest absolute Gasteiger partial charge is 0.383 e. The minimum atomic E-state index is -1.21. The number of carbonyl (C=O) groups is 3. The standard InChI is InChI=1S/C33H45N7O5/c34-31(43)28(20-26-21-35-22-38-26)40(27(18-24-9-5-2-6-10-24)30(42)32-36-11-12-37-32)33(44)25(17-23-7-3-1-4-8-23)19-29(41)39-13-15-45-16-14-39/h1,3-4,7-8,11-12,21-22,24-25,27-28,30,42H,2,5-6,9-10,13-20H2,(H2,34,43)(H,35,38)(H,36,37)/t25?,27-,28-,30+/m0/s1. The zero-order valence-corrected chi connectivity index (χ0v) is 25.7. The number of benzene rings is 1. The number of H-pyrrole nitrogens is 2. The second-order valence-electron chi connectivity index (χ2n) is 12.2. The van der Waals surface area contributed by atoms with Gasteiger partial charge in [-0.05, 0) is 24.3 Å². The smallest absolute Gasteiger partial charge is 0.240 e. The van der Waals surface area contributed by atoms with Crippen LogP contribution in [-0.4, -0.2) is 91.0 Å². The molecule has 3 aromatic rings. The zero-order valence-electron chi connectivity index (χ0n) is 25.7. The van der Waals surface area contributed by atoms with Gasteiger partial charge in [-0.25, -0.2) is 9.97 Å². The number of rotatable bonds is 14. The molecule has 3 amide bonds. The number of primary amides is 1. The maximum Gasteiger partial charge on any atom is 0.240 e. The molecule has 1 saturated heterocycles. The molecule has 4 atom stereocenters. The number of hydrogen-bond acceptors (Lipinski definition) is 7. The van der Waals surface area contributed by atoms with E-state index in [-0.39, 0.29) is 31.1 Å². The molecule has 1 aliphatic carbocycles. The quantitative estimate of drug-likeness (QED) is 0.215. The van der Waals surface area contributed by atoms with E-state index in [0.29, 0.717) is 44.2 Å². The molecule has 1 unspecified atom stereocenters. The second kappa shape index (κ2) is 15.8. The van der Waals surface area contributed by atoms with Crippen molar-refractivity contribution < 1.29 is 24.2 Å². The van der Waals surface area contributed by atoms with Gasteiger partial charge in [0.25, 0.3) is 0 Å². The number of nitrogens with two attached hydrogens (primary N) is 1. The molecule has 242 valence electrons. The maximum absolute atomic E-state index is 15.1. The van der Waals surface area contributed by atoms with Crippen molar-refractivity contribution in [2.24, 2.45) is 17.6 Å². The van der Waals surface area contributed by atoms with Gasteiger partial charge in [0.15, 0.2) is 0 Å². The zero-order chi connectivity index (χ0) is 31.6. The van der Waals surface area contributed by atoms with E-state index in [9.17, 15) is 14.7 Å². The van der Waals surface area contributed by atoms with Crippen LogP contribution in [0.15, 0.2) is 55.2 Å². The number of aromatic amines is 2. The summed E-state index contributed by atoms with van der Waals surface area (Å²) in [6.45, 7) is 1.81. The summed E-state index contributed by atoms with van der Waals surface area (Å²) in [4.78, 5) is 59.8. The van der Waals surface area contributed by atoms with Gasteiger partial charge in [-0.3, -0.25) is 14.4 Å². The molecule has 0 radical (unpaired) electrons. The molecular weight excluding hydrogens is 574 g/mol. The Labute approximate surface area is 263 Å². The van der Waals surface area contributed by atoms with E-state index in [1.54, 1.807) is 23.5 Å². The molecule has 2 aromatic heterocycles. The third-order valence-electron chi connectivity index (χ3n) is 9.16. The first-order valence-corrected chi connectivity index (χ1v) is 16.1. The Balaban J connectivity index is 1.56. The first-order chi connectivity index (χ1) is 21.9. The summed E-state index contributed by atoms with van der Waals surface area (Å²) >= 11 is 0. The van der Waals surface area contributed by atoms with Crippen molar-refractivity contribution in [3.8, 4) is 0 Å². The fourth-order valence-electron chi connectivity index (χ4n) is 6.77. The Morgan fingerprint density at radius 1 is 1.07 bits per heavy atom. The average Bonchev–Trinajstić information content (AvgIpc) is 3.80. The summed E-state index contributed by atoms with van der Waals surface area (Å²) in [6, 6.07) is 7.62. The van der Waals surface area contributed by atoms with Crippen LogP contribution in [0.4, 0.5) is 0 Å². The Bertz CT molecular complexity index is 1340. The van der Waals surface area contributed by atoms with Crippen molar-refractivity contribution in [2.45, 2.75) is 76.0 Å².